The Kier molecular flexibility index (Phi) is 5.80. The second kappa shape index (κ2) is 7.62. The van der Waals surface area contributed by atoms with E-state index in [1.54, 1.807) is 0 Å². The molecular formula is C17H28N4O2. The largest absolute Gasteiger partial charge is 0.345 e. The second-order valence-electron chi connectivity index (χ2n) is 6.88. The SMILES string of the molecule is Cc1nn(CC(C)C)c(C)c1NC(=O)C(=O)NC1CCCCC1. The van der Waals surface area contributed by atoms with Crippen LogP contribution in [-0.2, 0) is 16.1 Å². The molecule has 0 aliphatic heterocycles. The zero-order chi connectivity index (χ0) is 17.0. The lowest BCUT2D eigenvalue weighted by Gasteiger charge is -2.22. The molecule has 2 N–H and O–H groups in total. The molecule has 2 rings (SSSR count). The first-order chi connectivity index (χ1) is 10.9. The van der Waals surface area contributed by atoms with Crippen molar-refractivity contribution in [1.29, 1.82) is 0 Å². The zero-order valence-electron chi connectivity index (χ0n) is 14.6. The number of anilines is 1. The molecule has 2 amide bonds. The summed E-state index contributed by atoms with van der Waals surface area (Å²) in [5.41, 5.74) is 2.27. The molecule has 0 spiro atoms. The molecule has 1 aromatic heterocycles. The fraction of sp³-hybridized carbons (Fsp3) is 0.706. The Morgan fingerprint density at radius 1 is 1.17 bits per heavy atom. The molecule has 0 atom stereocenters. The lowest BCUT2D eigenvalue weighted by molar-refractivity contribution is -0.136. The first kappa shape index (κ1) is 17.5. The molecule has 0 aromatic carbocycles. The average molecular weight is 320 g/mol. The highest BCUT2D eigenvalue weighted by molar-refractivity contribution is 6.39. The molecular weight excluding hydrogens is 292 g/mol. The van der Waals surface area contributed by atoms with E-state index in [1.807, 2.05) is 18.5 Å². The van der Waals surface area contributed by atoms with Crippen LogP contribution in [0.2, 0.25) is 0 Å². The van der Waals surface area contributed by atoms with E-state index in [-0.39, 0.29) is 6.04 Å². The predicted molar refractivity (Wildman–Crippen MR) is 90.2 cm³/mol. The first-order valence-corrected chi connectivity index (χ1v) is 8.54. The van der Waals surface area contributed by atoms with Crippen molar-refractivity contribution < 1.29 is 9.59 Å². The Balaban J connectivity index is 1.99. The van der Waals surface area contributed by atoms with Gasteiger partial charge in [0, 0.05) is 12.6 Å². The number of hydrogen-bond donors (Lipinski definition) is 2. The Morgan fingerprint density at radius 2 is 1.83 bits per heavy atom. The molecule has 128 valence electrons. The maximum atomic E-state index is 12.2. The summed E-state index contributed by atoms with van der Waals surface area (Å²) in [4.78, 5) is 24.2. The quantitative estimate of drug-likeness (QED) is 0.837. The van der Waals surface area contributed by atoms with E-state index >= 15 is 0 Å². The van der Waals surface area contributed by atoms with Gasteiger partial charge in [0.25, 0.3) is 0 Å². The second-order valence-corrected chi connectivity index (χ2v) is 6.88. The lowest BCUT2D eigenvalue weighted by atomic mass is 9.95. The molecule has 0 unspecified atom stereocenters. The van der Waals surface area contributed by atoms with Crippen molar-refractivity contribution in [2.45, 2.75) is 72.4 Å². The van der Waals surface area contributed by atoms with Crippen LogP contribution in [0.15, 0.2) is 0 Å². The lowest BCUT2D eigenvalue weighted by Crippen LogP contribution is -2.42. The number of amides is 2. The summed E-state index contributed by atoms with van der Waals surface area (Å²) in [7, 11) is 0. The zero-order valence-corrected chi connectivity index (χ0v) is 14.6. The third kappa shape index (κ3) is 4.56. The highest BCUT2D eigenvalue weighted by Crippen LogP contribution is 2.21. The van der Waals surface area contributed by atoms with Gasteiger partial charge in [-0.3, -0.25) is 14.3 Å². The van der Waals surface area contributed by atoms with Gasteiger partial charge in [-0.15, -0.1) is 0 Å². The third-order valence-electron chi connectivity index (χ3n) is 4.30. The van der Waals surface area contributed by atoms with Crippen LogP contribution in [0.4, 0.5) is 5.69 Å². The molecule has 6 nitrogen and oxygen atoms in total. The molecule has 6 heteroatoms. The minimum atomic E-state index is -0.606. The summed E-state index contributed by atoms with van der Waals surface area (Å²) < 4.78 is 1.88. The van der Waals surface area contributed by atoms with Gasteiger partial charge >= 0.3 is 11.8 Å². The van der Waals surface area contributed by atoms with E-state index in [2.05, 4.69) is 29.6 Å². The summed E-state index contributed by atoms with van der Waals surface area (Å²) in [6, 6.07) is 0.132. The standard InChI is InChI=1S/C17H28N4O2/c1-11(2)10-21-13(4)15(12(3)20-21)19-17(23)16(22)18-14-8-6-5-7-9-14/h11,14H,5-10H2,1-4H3,(H,18,22)(H,19,23). The summed E-state index contributed by atoms with van der Waals surface area (Å²) in [5, 5.41) is 10.0. The van der Waals surface area contributed by atoms with E-state index in [4.69, 9.17) is 0 Å². The Hall–Kier alpha value is -1.85. The number of aryl methyl sites for hydroxylation is 1. The summed E-state index contributed by atoms with van der Waals surface area (Å²) >= 11 is 0. The minimum Gasteiger partial charge on any atom is -0.345 e. The molecule has 1 aliphatic carbocycles. The van der Waals surface area contributed by atoms with Gasteiger partial charge < -0.3 is 10.6 Å². The molecule has 1 saturated carbocycles. The van der Waals surface area contributed by atoms with Crippen LogP contribution in [0.1, 0.15) is 57.3 Å². The van der Waals surface area contributed by atoms with Crippen LogP contribution in [0.3, 0.4) is 0 Å². The fourth-order valence-electron chi connectivity index (χ4n) is 3.07. The van der Waals surface area contributed by atoms with Gasteiger partial charge in [0.2, 0.25) is 0 Å². The van der Waals surface area contributed by atoms with Crippen LogP contribution < -0.4 is 10.6 Å². The third-order valence-corrected chi connectivity index (χ3v) is 4.30. The Bertz CT molecular complexity index is 571. The van der Waals surface area contributed by atoms with Gasteiger partial charge in [-0.25, -0.2) is 0 Å². The summed E-state index contributed by atoms with van der Waals surface area (Å²) in [6.07, 6.45) is 5.37. The van der Waals surface area contributed by atoms with Crippen LogP contribution >= 0.6 is 0 Å². The predicted octanol–water partition coefficient (Wildman–Crippen LogP) is 2.54. The molecule has 23 heavy (non-hydrogen) atoms. The number of nitrogens with zero attached hydrogens (tertiary/aromatic N) is 2. The van der Waals surface area contributed by atoms with Crippen molar-refractivity contribution >= 4 is 17.5 Å². The van der Waals surface area contributed by atoms with E-state index in [0.717, 1.165) is 43.6 Å². The molecule has 0 radical (unpaired) electrons. The Labute approximate surface area is 138 Å². The normalized spacial score (nSPS) is 15.7. The van der Waals surface area contributed by atoms with E-state index in [9.17, 15) is 9.59 Å². The average Bonchev–Trinajstić information content (AvgIpc) is 2.75. The van der Waals surface area contributed by atoms with Crippen molar-refractivity contribution in [3.8, 4) is 0 Å². The van der Waals surface area contributed by atoms with Gasteiger partial charge in [-0.1, -0.05) is 33.1 Å². The van der Waals surface area contributed by atoms with E-state index < -0.39 is 11.8 Å². The monoisotopic (exact) mass is 320 g/mol. The van der Waals surface area contributed by atoms with Crippen LogP contribution in [0.25, 0.3) is 0 Å². The Morgan fingerprint density at radius 3 is 2.43 bits per heavy atom. The summed E-state index contributed by atoms with van der Waals surface area (Å²) in [5.74, 6) is -0.690. The number of nitrogens with one attached hydrogen (secondary N) is 2. The van der Waals surface area contributed by atoms with Gasteiger partial charge in [0.05, 0.1) is 17.1 Å². The highest BCUT2D eigenvalue weighted by Gasteiger charge is 2.22. The number of rotatable bonds is 4. The maximum absolute atomic E-state index is 12.2. The van der Waals surface area contributed by atoms with Crippen molar-refractivity contribution in [2.75, 3.05) is 5.32 Å². The highest BCUT2D eigenvalue weighted by atomic mass is 16.2. The van der Waals surface area contributed by atoms with Gasteiger partial charge in [0.1, 0.15) is 0 Å². The smallest absolute Gasteiger partial charge is 0.313 e. The number of carbonyl (C=O) groups is 2. The van der Waals surface area contributed by atoms with Gasteiger partial charge in [-0.2, -0.15) is 5.10 Å². The number of hydrogen-bond acceptors (Lipinski definition) is 3. The van der Waals surface area contributed by atoms with E-state index in [0.29, 0.717) is 11.6 Å². The van der Waals surface area contributed by atoms with Crippen molar-refractivity contribution in [2.24, 2.45) is 5.92 Å². The molecule has 0 saturated heterocycles. The molecule has 1 aromatic rings. The van der Waals surface area contributed by atoms with Crippen LogP contribution in [0.5, 0.6) is 0 Å². The number of aromatic nitrogens is 2. The number of carbonyl (C=O) groups excluding carboxylic acids is 2. The van der Waals surface area contributed by atoms with Crippen LogP contribution in [-0.4, -0.2) is 27.6 Å². The van der Waals surface area contributed by atoms with E-state index in [1.165, 1.54) is 6.42 Å². The first-order valence-electron chi connectivity index (χ1n) is 8.54. The van der Waals surface area contributed by atoms with Crippen molar-refractivity contribution in [1.82, 2.24) is 15.1 Å². The maximum Gasteiger partial charge on any atom is 0.313 e. The van der Waals surface area contributed by atoms with Gasteiger partial charge in [-0.05, 0) is 32.6 Å². The van der Waals surface area contributed by atoms with Gasteiger partial charge in [0.15, 0.2) is 0 Å². The van der Waals surface area contributed by atoms with Crippen LogP contribution in [0, 0.1) is 19.8 Å². The van der Waals surface area contributed by atoms with Crippen molar-refractivity contribution in [3.63, 3.8) is 0 Å². The molecule has 0 bridgehead atoms. The molecule has 1 fully saturated rings. The molecule has 1 heterocycles. The topological polar surface area (TPSA) is 76.0 Å². The van der Waals surface area contributed by atoms with Crippen molar-refractivity contribution in [3.05, 3.63) is 11.4 Å². The molecule has 1 aliphatic rings. The summed E-state index contributed by atoms with van der Waals surface area (Å²) in [6.45, 7) is 8.78. The minimum absolute atomic E-state index is 0.132. The fourth-order valence-corrected chi connectivity index (χ4v) is 3.07.